The van der Waals surface area contributed by atoms with E-state index in [1.165, 1.54) is 6.07 Å². The van der Waals surface area contributed by atoms with Gasteiger partial charge in [0.05, 0.1) is 0 Å². The van der Waals surface area contributed by atoms with Crippen molar-refractivity contribution in [2.75, 3.05) is 6.54 Å². The Morgan fingerprint density at radius 2 is 1.96 bits per heavy atom. The summed E-state index contributed by atoms with van der Waals surface area (Å²) in [7, 11) is 0. The van der Waals surface area contributed by atoms with E-state index >= 15 is 0 Å². The molecule has 0 bridgehead atoms. The fourth-order valence-corrected chi connectivity index (χ4v) is 3.74. The maximum Gasteiger partial charge on any atom is 0.224 e. The molecule has 1 aromatic carbocycles. The number of amides is 1. The Morgan fingerprint density at radius 1 is 1.17 bits per heavy atom. The minimum Gasteiger partial charge on any atom is -0.335 e. The zero-order valence-electron chi connectivity index (χ0n) is 13.4. The van der Waals surface area contributed by atoms with Crippen LogP contribution in [0.2, 0.25) is 0 Å². The molecule has 126 valence electrons. The van der Waals surface area contributed by atoms with Gasteiger partial charge in [-0.3, -0.25) is 4.79 Å². The van der Waals surface area contributed by atoms with E-state index in [1.54, 1.807) is 4.90 Å². The van der Waals surface area contributed by atoms with E-state index in [0.29, 0.717) is 6.42 Å². The van der Waals surface area contributed by atoms with E-state index in [4.69, 9.17) is 0 Å². The maximum atomic E-state index is 14.0. The molecule has 1 aromatic rings. The minimum atomic E-state index is -0.460. The van der Waals surface area contributed by atoms with Crippen LogP contribution in [-0.2, 0) is 11.3 Å². The quantitative estimate of drug-likeness (QED) is 0.901. The van der Waals surface area contributed by atoms with Crippen LogP contribution < -0.4 is 5.32 Å². The van der Waals surface area contributed by atoms with Gasteiger partial charge in [-0.25, -0.2) is 8.78 Å². The number of hydrogen-bond donors (Lipinski definition) is 1. The molecule has 1 atom stereocenters. The summed E-state index contributed by atoms with van der Waals surface area (Å²) >= 11 is 0. The number of benzene rings is 1. The van der Waals surface area contributed by atoms with Gasteiger partial charge in [0.25, 0.3) is 0 Å². The van der Waals surface area contributed by atoms with Gasteiger partial charge in [0.15, 0.2) is 0 Å². The number of nitrogens with zero attached hydrogens (tertiary/aromatic N) is 1. The van der Waals surface area contributed by atoms with Crippen molar-refractivity contribution in [1.29, 1.82) is 0 Å². The molecular formula is C18H24F2N2O. The molecule has 2 aliphatic rings. The first-order valence-corrected chi connectivity index (χ1v) is 8.60. The summed E-state index contributed by atoms with van der Waals surface area (Å²) in [6, 6.07) is 3.84. The van der Waals surface area contributed by atoms with Crippen LogP contribution in [0.15, 0.2) is 18.2 Å². The molecule has 1 saturated heterocycles. The van der Waals surface area contributed by atoms with E-state index in [1.807, 2.05) is 0 Å². The van der Waals surface area contributed by atoms with E-state index in [9.17, 15) is 13.6 Å². The highest BCUT2D eigenvalue weighted by Gasteiger charge is 2.29. The third kappa shape index (κ3) is 4.08. The van der Waals surface area contributed by atoms with Crippen LogP contribution in [0.1, 0.15) is 50.5 Å². The first-order chi connectivity index (χ1) is 11.1. The summed E-state index contributed by atoms with van der Waals surface area (Å²) in [5, 5.41) is 3.34. The van der Waals surface area contributed by atoms with Gasteiger partial charge in [0, 0.05) is 30.6 Å². The van der Waals surface area contributed by atoms with Crippen LogP contribution in [0.3, 0.4) is 0 Å². The predicted molar refractivity (Wildman–Crippen MR) is 84.8 cm³/mol. The Kier molecular flexibility index (Phi) is 5.26. The Balaban J connectivity index is 1.74. The van der Waals surface area contributed by atoms with Crippen molar-refractivity contribution in [2.45, 2.75) is 63.6 Å². The number of hydrogen-bond acceptors (Lipinski definition) is 2. The van der Waals surface area contributed by atoms with Crippen LogP contribution in [0.25, 0.3) is 0 Å². The molecule has 1 aliphatic carbocycles. The molecular weight excluding hydrogens is 298 g/mol. The summed E-state index contributed by atoms with van der Waals surface area (Å²) in [5.74, 6) is -0.848. The lowest BCUT2D eigenvalue weighted by atomic mass is 10.1. The van der Waals surface area contributed by atoms with E-state index in [2.05, 4.69) is 5.32 Å². The summed E-state index contributed by atoms with van der Waals surface area (Å²) < 4.78 is 27.4. The highest BCUT2D eigenvalue weighted by Crippen LogP contribution is 2.27. The molecule has 1 N–H and O–H groups in total. The molecule has 5 heteroatoms. The molecule has 23 heavy (non-hydrogen) atoms. The van der Waals surface area contributed by atoms with Crippen molar-refractivity contribution < 1.29 is 13.6 Å². The van der Waals surface area contributed by atoms with Gasteiger partial charge >= 0.3 is 0 Å². The standard InChI is InChI=1S/C18H24F2N2O/c19-14-7-8-17(20)13(10-14)12-22(16-5-1-2-6-16)18(23)11-15-4-3-9-21-15/h7-8,10,15-16,21H,1-6,9,11-12H2. The number of nitrogens with one attached hydrogen (secondary N) is 1. The number of carbonyl (C=O) groups excluding carboxylic acids is 1. The van der Waals surface area contributed by atoms with Gasteiger partial charge in [-0.1, -0.05) is 12.8 Å². The average Bonchev–Trinajstić information content (AvgIpc) is 3.21. The molecule has 0 radical (unpaired) electrons. The fraction of sp³-hybridized carbons (Fsp3) is 0.611. The third-order valence-electron chi connectivity index (χ3n) is 5.02. The highest BCUT2D eigenvalue weighted by atomic mass is 19.1. The summed E-state index contributed by atoms with van der Waals surface area (Å²) in [6.45, 7) is 1.12. The van der Waals surface area contributed by atoms with Crippen molar-refractivity contribution in [3.8, 4) is 0 Å². The first-order valence-electron chi connectivity index (χ1n) is 8.60. The summed E-state index contributed by atoms with van der Waals surface area (Å²) in [4.78, 5) is 14.5. The molecule has 0 spiro atoms. The molecule has 1 saturated carbocycles. The largest absolute Gasteiger partial charge is 0.335 e. The Bertz CT molecular complexity index is 552. The summed E-state index contributed by atoms with van der Waals surface area (Å²) in [6.07, 6.45) is 6.68. The van der Waals surface area contributed by atoms with Crippen LogP contribution in [0, 0.1) is 11.6 Å². The van der Waals surface area contributed by atoms with Crippen molar-refractivity contribution >= 4 is 5.91 Å². The van der Waals surface area contributed by atoms with Gasteiger partial charge < -0.3 is 10.2 Å². The molecule has 1 aliphatic heterocycles. The second kappa shape index (κ2) is 7.39. The first kappa shape index (κ1) is 16.4. The average molecular weight is 322 g/mol. The fourth-order valence-electron chi connectivity index (χ4n) is 3.74. The summed E-state index contributed by atoms with van der Waals surface area (Å²) in [5.41, 5.74) is 0.268. The molecule has 1 unspecified atom stereocenters. The topological polar surface area (TPSA) is 32.3 Å². The van der Waals surface area contributed by atoms with Gasteiger partial charge in [-0.15, -0.1) is 0 Å². The van der Waals surface area contributed by atoms with Crippen LogP contribution in [-0.4, -0.2) is 29.4 Å². The van der Waals surface area contributed by atoms with Gasteiger partial charge in [-0.05, 0) is 50.4 Å². The number of rotatable bonds is 5. The van der Waals surface area contributed by atoms with E-state index in [0.717, 1.165) is 57.2 Å². The molecule has 3 rings (SSSR count). The van der Waals surface area contributed by atoms with Crippen molar-refractivity contribution in [3.05, 3.63) is 35.4 Å². The van der Waals surface area contributed by atoms with Crippen LogP contribution >= 0.6 is 0 Å². The van der Waals surface area contributed by atoms with Crippen molar-refractivity contribution in [1.82, 2.24) is 10.2 Å². The number of carbonyl (C=O) groups is 1. The van der Waals surface area contributed by atoms with E-state index < -0.39 is 11.6 Å². The third-order valence-corrected chi connectivity index (χ3v) is 5.02. The Labute approximate surface area is 136 Å². The second-order valence-corrected chi connectivity index (χ2v) is 6.69. The van der Waals surface area contributed by atoms with Gasteiger partial charge in [0.2, 0.25) is 5.91 Å². The zero-order valence-corrected chi connectivity index (χ0v) is 13.4. The van der Waals surface area contributed by atoms with Crippen LogP contribution in [0.4, 0.5) is 8.78 Å². The Hall–Kier alpha value is -1.49. The van der Waals surface area contributed by atoms with Crippen LogP contribution in [0.5, 0.6) is 0 Å². The monoisotopic (exact) mass is 322 g/mol. The normalized spacial score (nSPS) is 21.7. The van der Waals surface area contributed by atoms with E-state index in [-0.39, 0.29) is 30.1 Å². The SMILES string of the molecule is O=C(CC1CCCN1)N(Cc1cc(F)ccc1F)C1CCCC1. The number of halogens is 2. The molecule has 2 fully saturated rings. The van der Waals surface area contributed by atoms with Crippen molar-refractivity contribution in [3.63, 3.8) is 0 Å². The smallest absolute Gasteiger partial charge is 0.224 e. The lowest BCUT2D eigenvalue weighted by molar-refractivity contribution is -0.134. The lowest BCUT2D eigenvalue weighted by Gasteiger charge is -2.30. The van der Waals surface area contributed by atoms with Gasteiger partial charge in [0.1, 0.15) is 11.6 Å². The second-order valence-electron chi connectivity index (χ2n) is 6.69. The maximum absolute atomic E-state index is 14.0. The highest BCUT2D eigenvalue weighted by molar-refractivity contribution is 5.77. The van der Waals surface area contributed by atoms with Crippen molar-refractivity contribution in [2.24, 2.45) is 0 Å². The zero-order chi connectivity index (χ0) is 16.2. The lowest BCUT2D eigenvalue weighted by Crippen LogP contribution is -2.41. The molecule has 0 aromatic heterocycles. The molecule has 1 heterocycles. The minimum absolute atomic E-state index is 0.0555. The van der Waals surface area contributed by atoms with Gasteiger partial charge in [-0.2, -0.15) is 0 Å². The predicted octanol–water partition coefficient (Wildman–Crippen LogP) is 3.38. The Morgan fingerprint density at radius 3 is 2.65 bits per heavy atom. The molecule has 1 amide bonds. The molecule has 3 nitrogen and oxygen atoms in total.